The largest absolute Gasteiger partial charge is 0.497 e. The van der Waals surface area contributed by atoms with Gasteiger partial charge in [0, 0.05) is 16.7 Å². The Bertz CT molecular complexity index is 674. The van der Waals surface area contributed by atoms with Crippen molar-refractivity contribution in [2.45, 2.75) is 12.8 Å². The highest BCUT2D eigenvalue weighted by molar-refractivity contribution is 9.10. The Morgan fingerprint density at radius 2 is 2.00 bits per heavy atom. The molecule has 0 aliphatic rings. The highest BCUT2D eigenvalue weighted by Crippen LogP contribution is 2.17. The molecule has 0 aliphatic heterocycles. The first-order chi connectivity index (χ1) is 11.1. The summed E-state index contributed by atoms with van der Waals surface area (Å²) in [6, 6.07) is 12.5. The number of methoxy groups -OCH3 is 1. The highest BCUT2D eigenvalue weighted by atomic mass is 79.9. The molecule has 0 atom stereocenters. The molecule has 3 N–H and O–H groups in total. The Labute approximate surface area is 143 Å². The molecule has 0 amide bonds. The summed E-state index contributed by atoms with van der Waals surface area (Å²) in [5.41, 5.74) is 7.36. The second-order valence-electron chi connectivity index (χ2n) is 4.96. The lowest BCUT2D eigenvalue weighted by Crippen LogP contribution is -2.22. The SMILES string of the molecule is COc1ccc(NC(N)=NCCCc2ccc(Br)cc2F)cc1. The zero-order valence-electron chi connectivity index (χ0n) is 12.9. The van der Waals surface area contributed by atoms with E-state index in [-0.39, 0.29) is 5.82 Å². The fourth-order valence-electron chi connectivity index (χ4n) is 2.06. The molecular formula is C17H19BrFN3O. The van der Waals surface area contributed by atoms with E-state index in [9.17, 15) is 4.39 Å². The van der Waals surface area contributed by atoms with Gasteiger partial charge in [0.25, 0.3) is 0 Å². The number of anilines is 1. The first-order valence-electron chi connectivity index (χ1n) is 7.23. The van der Waals surface area contributed by atoms with Gasteiger partial charge in [-0.25, -0.2) is 4.39 Å². The van der Waals surface area contributed by atoms with Gasteiger partial charge in [-0.15, -0.1) is 0 Å². The molecule has 0 heterocycles. The number of ether oxygens (including phenoxy) is 1. The van der Waals surface area contributed by atoms with E-state index in [2.05, 4.69) is 26.2 Å². The second kappa shape index (κ2) is 8.53. The Morgan fingerprint density at radius 3 is 2.65 bits per heavy atom. The number of nitrogens with two attached hydrogens (primary N) is 1. The molecule has 122 valence electrons. The van der Waals surface area contributed by atoms with Crippen LogP contribution in [0.4, 0.5) is 10.1 Å². The van der Waals surface area contributed by atoms with E-state index >= 15 is 0 Å². The number of guanidine groups is 1. The van der Waals surface area contributed by atoms with Gasteiger partial charge in [0.15, 0.2) is 5.96 Å². The van der Waals surface area contributed by atoms with Gasteiger partial charge in [0.2, 0.25) is 0 Å². The second-order valence-corrected chi connectivity index (χ2v) is 5.88. The number of rotatable bonds is 6. The molecule has 6 heteroatoms. The number of nitrogens with zero attached hydrogens (tertiary/aromatic N) is 1. The van der Waals surface area contributed by atoms with E-state index in [1.54, 1.807) is 13.2 Å². The first kappa shape index (κ1) is 17.3. The summed E-state index contributed by atoms with van der Waals surface area (Å²) in [6.07, 6.45) is 1.35. The fourth-order valence-corrected chi connectivity index (χ4v) is 2.39. The van der Waals surface area contributed by atoms with Crippen molar-refractivity contribution in [1.82, 2.24) is 0 Å². The van der Waals surface area contributed by atoms with Crippen LogP contribution < -0.4 is 15.8 Å². The number of hydrogen-bond acceptors (Lipinski definition) is 2. The predicted molar refractivity (Wildman–Crippen MR) is 95.5 cm³/mol. The number of benzene rings is 2. The maximum atomic E-state index is 13.7. The van der Waals surface area contributed by atoms with Crippen LogP contribution in [0.2, 0.25) is 0 Å². The average molecular weight is 380 g/mol. The van der Waals surface area contributed by atoms with Crippen LogP contribution in [0.3, 0.4) is 0 Å². The van der Waals surface area contributed by atoms with Crippen molar-refractivity contribution in [3.63, 3.8) is 0 Å². The minimum absolute atomic E-state index is 0.201. The van der Waals surface area contributed by atoms with Crippen molar-refractivity contribution >= 4 is 27.6 Å². The normalized spacial score (nSPS) is 11.3. The summed E-state index contributed by atoms with van der Waals surface area (Å²) < 4.78 is 19.5. The van der Waals surface area contributed by atoms with E-state index in [1.807, 2.05) is 30.3 Å². The maximum absolute atomic E-state index is 13.7. The Morgan fingerprint density at radius 1 is 1.26 bits per heavy atom. The molecule has 0 radical (unpaired) electrons. The van der Waals surface area contributed by atoms with Crippen molar-refractivity contribution in [2.75, 3.05) is 19.0 Å². The fraction of sp³-hybridized carbons (Fsp3) is 0.235. The van der Waals surface area contributed by atoms with E-state index in [0.29, 0.717) is 24.5 Å². The first-order valence-corrected chi connectivity index (χ1v) is 8.02. The van der Waals surface area contributed by atoms with Crippen LogP contribution in [0.1, 0.15) is 12.0 Å². The summed E-state index contributed by atoms with van der Waals surface area (Å²) >= 11 is 3.24. The number of aliphatic imine (C=N–C) groups is 1. The van der Waals surface area contributed by atoms with Gasteiger partial charge in [0.1, 0.15) is 11.6 Å². The minimum atomic E-state index is -0.201. The van der Waals surface area contributed by atoms with Crippen LogP contribution in [0, 0.1) is 5.82 Å². The van der Waals surface area contributed by atoms with Crippen LogP contribution in [0.25, 0.3) is 0 Å². The third-order valence-corrected chi connectivity index (χ3v) is 3.76. The summed E-state index contributed by atoms with van der Waals surface area (Å²) in [5.74, 6) is 0.918. The molecule has 0 aliphatic carbocycles. The molecule has 4 nitrogen and oxygen atoms in total. The molecule has 2 rings (SSSR count). The van der Waals surface area contributed by atoms with Crippen LogP contribution in [-0.4, -0.2) is 19.6 Å². The van der Waals surface area contributed by atoms with Gasteiger partial charge in [0.05, 0.1) is 7.11 Å². The van der Waals surface area contributed by atoms with Crippen molar-refractivity contribution in [2.24, 2.45) is 10.7 Å². The lowest BCUT2D eigenvalue weighted by Gasteiger charge is -2.07. The van der Waals surface area contributed by atoms with Crippen molar-refractivity contribution in [3.8, 4) is 5.75 Å². The maximum Gasteiger partial charge on any atom is 0.193 e. The molecule has 2 aromatic carbocycles. The van der Waals surface area contributed by atoms with Gasteiger partial charge in [-0.05, 0) is 54.8 Å². The molecule has 23 heavy (non-hydrogen) atoms. The quantitative estimate of drug-likeness (QED) is 0.453. The van der Waals surface area contributed by atoms with E-state index in [1.165, 1.54) is 6.07 Å². The summed E-state index contributed by atoms with van der Waals surface area (Å²) in [6.45, 7) is 0.532. The Hall–Kier alpha value is -2.08. The summed E-state index contributed by atoms with van der Waals surface area (Å²) in [4.78, 5) is 4.24. The lowest BCUT2D eigenvalue weighted by atomic mass is 10.1. The predicted octanol–water partition coefficient (Wildman–Crippen LogP) is 3.96. The molecule has 0 unspecified atom stereocenters. The third kappa shape index (κ3) is 5.56. The molecule has 0 spiro atoms. The number of halogens is 2. The van der Waals surface area contributed by atoms with E-state index in [0.717, 1.165) is 22.3 Å². The van der Waals surface area contributed by atoms with Crippen LogP contribution in [-0.2, 0) is 6.42 Å². The Kier molecular flexibility index (Phi) is 6.40. The highest BCUT2D eigenvalue weighted by Gasteiger charge is 2.02. The number of nitrogens with one attached hydrogen (secondary N) is 1. The van der Waals surface area contributed by atoms with Gasteiger partial charge in [-0.2, -0.15) is 0 Å². The van der Waals surface area contributed by atoms with E-state index in [4.69, 9.17) is 10.5 Å². The van der Waals surface area contributed by atoms with E-state index < -0.39 is 0 Å². The zero-order chi connectivity index (χ0) is 16.7. The smallest absolute Gasteiger partial charge is 0.193 e. The van der Waals surface area contributed by atoms with Gasteiger partial charge < -0.3 is 15.8 Å². The lowest BCUT2D eigenvalue weighted by molar-refractivity contribution is 0.415. The van der Waals surface area contributed by atoms with Crippen LogP contribution in [0.5, 0.6) is 5.75 Å². The molecule has 0 aromatic heterocycles. The minimum Gasteiger partial charge on any atom is -0.497 e. The monoisotopic (exact) mass is 379 g/mol. The third-order valence-electron chi connectivity index (χ3n) is 3.26. The molecule has 0 bridgehead atoms. The topological polar surface area (TPSA) is 59.6 Å². The average Bonchev–Trinajstić information content (AvgIpc) is 2.54. The molecule has 0 saturated heterocycles. The number of hydrogen-bond donors (Lipinski definition) is 2. The van der Waals surface area contributed by atoms with Crippen LogP contribution in [0.15, 0.2) is 51.9 Å². The van der Waals surface area contributed by atoms with Crippen molar-refractivity contribution < 1.29 is 9.13 Å². The molecule has 0 saturated carbocycles. The zero-order valence-corrected chi connectivity index (χ0v) is 14.4. The molecule has 2 aromatic rings. The van der Waals surface area contributed by atoms with Gasteiger partial charge in [-0.1, -0.05) is 22.0 Å². The molecule has 0 fully saturated rings. The standard InChI is InChI=1S/C17H19BrFN3O/c1-23-15-8-6-14(7-9-15)22-17(20)21-10-2-3-12-4-5-13(18)11-16(12)19/h4-9,11H,2-3,10H2,1H3,(H3,20,21,22). The van der Waals surface area contributed by atoms with Gasteiger partial charge >= 0.3 is 0 Å². The van der Waals surface area contributed by atoms with Crippen molar-refractivity contribution in [3.05, 3.63) is 58.3 Å². The van der Waals surface area contributed by atoms with Crippen LogP contribution >= 0.6 is 15.9 Å². The summed E-state index contributed by atoms with van der Waals surface area (Å²) in [7, 11) is 1.62. The molecular weight excluding hydrogens is 361 g/mol. The number of aryl methyl sites for hydroxylation is 1. The Balaban J connectivity index is 1.80. The van der Waals surface area contributed by atoms with Crippen molar-refractivity contribution in [1.29, 1.82) is 0 Å². The van der Waals surface area contributed by atoms with Gasteiger partial charge in [-0.3, -0.25) is 4.99 Å². The summed E-state index contributed by atoms with van der Waals surface area (Å²) in [5, 5.41) is 3.00.